The molecule has 88 valence electrons. The molecule has 16 heavy (non-hydrogen) atoms. The molecular formula is C11H12BrClFNO. The molecule has 1 rings (SSSR count). The van der Waals surface area contributed by atoms with E-state index in [0.29, 0.717) is 17.4 Å². The lowest BCUT2D eigenvalue weighted by Gasteiger charge is -2.08. The Balaban J connectivity index is 2.66. The first-order chi connectivity index (χ1) is 7.52. The van der Waals surface area contributed by atoms with Gasteiger partial charge in [-0.3, -0.25) is 4.79 Å². The van der Waals surface area contributed by atoms with Gasteiger partial charge in [0.1, 0.15) is 5.82 Å². The second-order valence-corrected chi connectivity index (χ2v) is 5.02. The van der Waals surface area contributed by atoms with Crippen LogP contribution in [-0.4, -0.2) is 17.8 Å². The van der Waals surface area contributed by atoms with Gasteiger partial charge in [-0.25, -0.2) is 4.39 Å². The third kappa shape index (κ3) is 3.76. The molecular weight excluding hydrogens is 296 g/mol. The van der Waals surface area contributed by atoms with E-state index in [1.807, 2.05) is 6.92 Å². The minimum Gasteiger partial charge on any atom is -0.352 e. The highest BCUT2D eigenvalue weighted by atomic mass is 79.9. The molecule has 0 aliphatic rings. The average Bonchev–Trinajstić information content (AvgIpc) is 2.16. The Bertz CT molecular complexity index is 364. The molecule has 0 spiro atoms. The number of benzene rings is 1. The van der Waals surface area contributed by atoms with Gasteiger partial charge >= 0.3 is 0 Å². The molecule has 0 radical (unpaired) electrons. The molecule has 1 unspecified atom stereocenters. The van der Waals surface area contributed by atoms with Crippen molar-refractivity contribution in [3.63, 3.8) is 0 Å². The van der Waals surface area contributed by atoms with Crippen molar-refractivity contribution in [1.29, 1.82) is 0 Å². The van der Waals surface area contributed by atoms with Crippen LogP contribution in [0.25, 0.3) is 0 Å². The third-order valence-corrected chi connectivity index (χ3v) is 2.90. The van der Waals surface area contributed by atoms with Crippen molar-refractivity contribution in [2.45, 2.75) is 18.7 Å². The number of alkyl halides is 1. The molecule has 0 aliphatic heterocycles. The Morgan fingerprint density at radius 3 is 2.88 bits per heavy atom. The molecule has 1 amide bonds. The van der Waals surface area contributed by atoms with E-state index in [4.69, 9.17) is 11.6 Å². The molecule has 0 heterocycles. The summed E-state index contributed by atoms with van der Waals surface area (Å²) in [4.78, 5) is 11.6. The van der Waals surface area contributed by atoms with Crippen LogP contribution in [-0.2, 0) is 0 Å². The summed E-state index contributed by atoms with van der Waals surface area (Å²) in [5, 5.41) is 2.61. The van der Waals surface area contributed by atoms with Crippen molar-refractivity contribution in [3.8, 4) is 0 Å². The minimum absolute atomic E-state index is 0.00985. The molecule has 1 N–H and O–H groups in total. The number of hydrogen-bond acceptors (Lipinski definition) is 1. The van der Waals surface area contributed by atoms with E-state index in [9.17, 15) is 9.18 Å². The van der Waals surface area contributed by atoms with Gasteiger partial charge in [-0.2, -0.15) is 0 Å². The van der Waals surface area contributed by atoms with Crippen LogP contribution in [0.2, 0.25) is 0 Å². The maximum absolute atomic E-state index is 13.4. The van der Waals surface area contributed by atoms with E-state index in [2.05, 4.69) is 21.2 Å². The summed E-state index contributed by atoms with van der Waals surface area (Å²) in [5.41, 5.74) is 0.0322. The van der Waals surface area contributed by atoms with Gasteiger partial charge in [0, 0.05) is 16.4 Å². The SMILES string of the molecule is CC(Cl)CCNC(=O)c1c(F)cccc1Br. The Hall–Kier alpha value is -0.610. The zero-order chi connectivity index (χ0) is 12.1. The number of amides is 1. The maximum Gasteiger partial charge on any atom is 0.255 e. The van der Waals surface area contributed by atoms with Gasteiger partial charge < -0.3 is 5.32 Å². The van der Waals surface area contributed by atoms with Gasteiger partial charge in [-0.15, -0.1) is 11.6 Å². The average molecular weight is 309 g/mol. The van der Waals surface area contributed by atoms with Crippen LogP contribution in [0.15, 0.2) is 22.7 Å². The van der Waals surface area contributed by atoms with Gasteiger partial charge in [0.25, 0.3) is 5.91 Å². The van der Waals surface area contributed by atoms with Crippen LogP contribution < -0.4 is 5.32 Å². The molecule has 2 nitrogen and oxygen atoms in total. The van der Waals surface area contributed by atoms with Crippen LogP contribution in [0, 0.1) is 5.82 Å². The molecule has 0 fully saturated rings. The van der Waals surface area contributed by atoms with Gasteiger partial charge in [0.2, 0.25) is 0 Å². The lowest BCUT2D eigenvalue weighted by Crippen LogP contribution is -2.26. The molecule has 0 bridgehead atoms. The number of nitrogens with one attached hydrogen (secondary N) is 1. The van der Waals surface area contributed by atoms with E-state index < -0.39 is 11.7 Å². The van der Waals surface area contributed by atoms with Gasteiger partial charge in [0.05, 0.1) is 5.56 Å². The fourth-order valence-electron chi connectivity index (χ4n) is 1.19. The summed E-state index contributed by atoms with van der Waals surface area (Å²) in [6.45, 7) is 2.27. The molecule has 0 aromatic heterocycles. The highest BCUT2D eigenvalue weighted by Crippen LogP contribution is 2.19. The molecule has 1 atom stereocenters. The Morgan fingerprint density at radius 2 is 2.31 bits per heavy atom. The summed E-state index contributed by atoms with van der Waals surface area (Å²) in [7, 11) is 0. The van der Waals surface area contributed by atoms with E-state index in [1.54, 1.807) is 6.07 Å². The second-order valence-electron chi connectivity index (χ2n) is 3.42. The third-order valence-electron chi connectivity index (χ3n) is 2.02. The van der Waals surface area contributed by atoms with Crippen LogP contribution in [0.4, 0.5) is 4.39 Å². The zero-order valence-corrected chi connectivity index (χ0v) is 11.1. The smallest absolute Gasteiger partial charge is 0.255 e. The van der Waals surface area contributed by atoms with Crippen LogP contribution >= 0.6 is 27.5 Å². The van der Waals surface area contributed by atoms with Gasteiger partial charge in [-0.1, -0.05) is 6.07 Å². The summed E-state index contributed by atoms with van der Waals surface area (Å²) in [6.07, 6.45) is 0.652. The monoisotopic (exact) mass is 307 g/mol. The first kappa shape index (κ1) is 13.5. The normalized spacial score (nSPS) is 12.2. The van der Waals surface area contributed by atoms with Crippen molar-refractivity contribution < 1.29 is 9.18 Å². The van der Waals surface area contributed by atoms with Crippen LogP contribution in [0.3, 0.4) is 0 Å². The quantitative estimate of drug-likeness (QED) is 0.849. The fourth-order valence-corrected chi connectivity index (χ4v) is 1.82. The summed E-state index contributed by atoms with van der Waals surface area (Å²) in [6, 6.07) is 4.42. The molecule has 1 aromatic carbocycles. The Labute approximate surface area is 107 Å². The maximum atomic E-state index is 13.4. The molecule has 5 heteroatoms. The zero-order valence-electron chi connectivity index (χ0n) is 8.77. The number of carbonyl (C=O) groups is 1. The summed E-state index contributed by atoms with van der Waals surface area (Å²) < 4.78 is 13.8. The lowest BCUT2D eigenvalue weighted by atomic mass is 10.2. The topological polar surface area (TPSA) is 29.1 Å². The summed E-state index contributed by atoms with van der Waals surface area (Å²) in [5.74, 6) is -0.965. The van der Waals surface area contributed by atoms with Crippen LogP contribution in [0.5, 0.6) is 0 Å². The van der Waals surface area contributed by atoms with Crippen molar-refractivity contribution >= 4 is 33.4 Å². The van der Waals surface area contributed by atoms with Crippen molar-refractivity contribution in [3.05, 3.63) is 34.1 Å². The highest BCUT2D eigenvalue weighted by Gasteiger charge is 2.14. The van der Waals surface area contributed by atoms with Crippen LogP contribution in [0.1, 0.15) is 23.7 Å². The predicted octanol–water partition coefficient (Wildman–Crippen LogP) is 3.34. The Morgan fingerprint density at radius 1 is 1.62 bits per heavy atom. The lowest BCUT2D eigenvalue weighted by molar-refractivity contribution is 0.0948. The van der Waals surface area contributed by atoms with E-state index in [-0.39, 0.29) is 10.9 Å². The minimum atomic E-state index is -0.536. The number of halogens is 3. The molecule has 0 saturated carbocycles. The van der Waals surface area contributed by atoms with E-state index in [1.165, 1.54) is 12.1 Å². The molecule has 0 aliphatic carbocycles. The fraction of sp³-hybridized carbons (Fsp3) is 0.364. The van der Waals surface area contributed by atoms with Crippen molar-refractivity contribution in [1.82, 2.24) is 5.32 Å². The highest BCUT2D eigenvalue weighted by molar-refractivity contribution is 9.10. The summed E-state index contributed by atoms with van der Waals surface area (Å²) >= 11 is 8.88. The largest absolute Gasteiger partial charge is 0.352 e. The van der Waals surface area contributed by atoms with E-state index in [0.717, 1.165) is 0 Å². The number of hydrogen-bond donors (Lipinski definition) is 1. The van der Waals surface area contributed by atoms with Crippen molar-refractivity contribution in [2.24, 2.45) is 0 Å². The first-order valence-electron chi connectivity index (χ1n) is 4.88. The molecule has 1 aromatic rings. The molecule has 0 saturated heterocycles. The number of carbonyl (C=O) groups excluding carboxylic acids is 1. The van der Waals surface area contributed by atoms with Gasteiger partial charge in [-0.05, 0) is 41.4 Å². The second kappa shape index (κ2) is 6.21. The van der Waals surface area contributed by atoms with Crippen molar-refractivity contribution in [2.75, 3.05) is 6.54 Å². The van der Waals surface area contributed by atoms with E-state index >= 15 is 0 Å². The standard InChI is InChI=1S/C11H12BrClFNO/c1-7(13)5-6-15-11(16)10-8(12)3-2-4-9(10)14/h2-4,7H,5-6H2,1H3,(H,15,16). The van der Waals surface area contributed by atoms with Gasteiger partial charge in [0.15, 0.2) is 0 Å². The predicted molar refractivity (Wildman–Crippen MR) is 66.4 cm³/mol. The number of rotatable bonds is 4. The Kier molecular flexibility index (Phi) is 5.22. The first-order valence-corrected chi connectivity index (χ1v) is 6.11.